The molecule has 2 aromatic carbocycles. The first-order valence-corrected chi connectivity index (χ1v) is 10.1. The second-order valence-electron chi connectivity index (χ2n) is 6.10. The maximum atomic E-state index is 12.4. The Morgan fingerprint density at radius 3 is 2.58 bits per heavy atom. The van der Waals surface area contributed by atoms with Gasteiger partial charge in [-0.2, -0.15) is 0 Å². The third-order valence-electron chi connectivity index (χ3n) is 4.13. The molecule has 0 aromatic heterocycles. The van der Waals surface area contributed by atoms with Crippen LogP contribution in [0.4, 0.5) is 0 Å². The molecule has 2 N–H and O–H groups in total. The standard InChI is InChI=1S/C18H21ClN2O3S.ClH/c19-15-4-1-5-17(11-15)24-16-6-8-18(9-7-16)25(22,23)21-13-14-3-2-10-20-12-14;/h1,4-9,11,14,20-21H,2-3,10,12-13H2;1H. The smallest absolute Gasteiger partial charge is 0.240 e. The van der Waals surface area contributed by atoms with Crippen LogP contribution < -0.4 is 14.8 Å². The van der Waals surface area contributed by atoms with Crippen LogP contribution in [-0.2, 0) is 10.0 Å². The Balaban J connectivity index is 0.00000243. The first kappa shape index (κ1) is 21.0. The molecule has 1 saturated heterocycles. The second kappa shape index (κ2) is 9.58. The minimum Gasteiger partial charge on any atom is -0.457 e. The zero-order valence-corrected chi connectivity index (χ0v) is 16.5. The molecule has 1 atom stereocenters. The highest BCUT2D eigenvalue weighted by Gasteiger charge is 2.18. The van der Waals surface area contributed by atoms with Gasteiger partial charge in [-0.05, 0) is 74.3 Å². The van der Waals surface area contributed by atoms with Gasteiger partial charge in [0.2, 0.25) is 10.0 Å². The Morgan fingerprint density at radius 2 is 1.92 bits per heavy atom. The Hall–Kier alpha value is -1.31. The van der Waals surface area contributed by atoms with Crippen LogP contribution in [0.3, 0.4) is 0 Å². The Morgan fingerprint density at radius 1 is 1.15 bits per heavy atom. The lowest BCUT2D eigenvalue weighted by Gasteiger charge is -2.22. The van der Waals surface area contributed by atoms with Crippen molar-refractivity contribution in [2.75, 3.05) is 19.6 Å². The zero-order chi connectivity index (χ0) is 17.7. The molecule has 0 aliphatic carbocycles. The van der Waals surface area contributed by atoms with Crippen molar-refractivity contribution in [3.05, 3.63) is 53.6 Å². The van der Waals surface area contributed by atoms with Crippen LogP contribution >= 0.6 is 24.0 Å². The minimum atomic E-state index is -3.51. The molecule has 0 spiro atoms. The highest BCUT2D eigenvalue weighted by atomic mass is 35.5. The summed E-state index contributed by atoms with van der Waals surface area (Å²) >= 11 is 5.92. The molecule has 3 rings (SSSR count). The molecule has 1 unspecified atom stereocenters. The summed E-state index contributed by atoms with van der Waals surface area (Å²) in [4.78, 5) is 0.231. The van der Waals surface area contributed by atoms with Crippen LogP contribution in [0.2, 0.25) is 5.02 Å². The van der Waals surface area contributed by atoms with E-state index in [1.165, 1.54) is 0 Å². The molecule has 0 bridgehead atoms. The summed E-state index contributed by atoms with van der Waals surface area (Å²) in [7, 11) is -3.51. The molecule has 1 aliphatic rings. The summed E-state index contributed by atoms with van der Waals surface area (Å²) in [6, 6.07) is 13.4. The highest BCUT2D eigenvalue weighted by Crippen LogP contribution is 2.25. The van der Waals surface area contributed by atoms with E-state index in [1.807, 2.05) is 0 Å². The lowest BCUT2D eigenvalue weighted by molar-refractivity contribution is 0.376. The maximum absolute atomic E-state index is 12.4. The Kier molecular flexibility index (Phi) is 7.73. The molecule has 1 aliphatic heterocycles. The number of hydrogen-bond donors (Lipinski definition) is 2. The van der Waals surface area contributed by atoms with Gasteiger partial charge in [0.1, 0.15) is 11.5 Å². The van der Waals surface area contributed by atoms with Gasteiger partial charge in [0, 0.05) is 11.6 Å². The fourth-order valence-corrected chi connectivity index (χ4v) is 4.06. The monoisotopic (exact) mass is 416 g/mol. The van der Waals surface area contributed by atoms with Gasteiger partial charge < -0.3 is 10.1 Å². The van der Waals surface area contributed by atoms with Crippen LogP contribution in [0.25, 0.3) is 0 Å². The van der Waals surface area contributed by atoms with Crippen molar-refractivity contribution >= 4 is 34.0 Å². The first-order chi connectivity index (χ1) is 12.0. The van der Waals surface area contributed by atoms with Crippen molar-refractivity contribution in [1.82, 2.24) is 10.0 Å². The molecule has 1 heterocycles. The van der Waals surface area contributed by atoms with Crippen molar-refractivity contribution < 1.29 is 13.2 Å². The largest absolute Gasteiger partial charge is 0.457 e. The van der Waals surface area contributed by atoms with Crippen LogP contribution in [0.1, 0.15) is 12.8 Å². The number of sulfonamides is 1. The molecule has 1 fully saturated rings. The lowest BCUT2D eigenvalue weighted by atomic mass is 10.0. The van der Waals surface area contributed by atoms with Crippen LogP contribution in [-0.4, -0.2) is 28.1 Å². The van der Waals surface area contributed by atoms with E-state index in [0.717, 1.165) is 25.9 Å². The van der Waals surface area contributed by atoms with E-state index in [-0.39, 0.29) is 17.3 Å². The van der Waals surface area contributed by atoms with E-state index in [1.54, 1.807) is 48.5 Å². The third kappa shape index (κ3) is 5.86. The SMILES string of the molecule is Cl.O=S(=O)(NCC1CCCNC1)c1ccc(Oc2cccc(Cl)c2)cc1. The lowest BCUT2D eigenvalue weighted by Crippen LogP contribution is -2.38. The molecule has 26 heavy (non-hydrogen) atoms. The Bertz CT molecular complexity index is 807. The summed E-state index contributed by atoms with van der Waals surface area (Å²) < 4.78 is 33.2. The van der Waals surface area contributed by atoms with Crippen molar-refractivity contribution in [1.29, 1.82) is 0 Å². The molecule has 0 amide bonds. The van der Waals surface area contributed by atoms with Crippen LogP contribution in [0.15, 0.2) is 53.4 Å². The van der Waals surface area contributed by atoms with E-state index in [2.05, 4.69) is 10.0 Å². The predicted octanol–water partition coefficient (Wildman–Crippen LogP) is 3.83. The summed E-state index contributed by atoms with van der Waals surface area (Å²) in [5.41, 5.74) is 0. The number of hydrogen-bond acceptors (Lipinski definition) is 4. The minimum absolute atomic E-state index is 0. The summed E-state index contributed by atoms with van der Waals surface area (Å²) in [5, 5.41) is 3.87. The number of benzene rings is 2. The molecular formula is C18H22Cl2N2O3S. The fourth-order valence-electron chi connectivity index (χ4n) is 2.76. The quantitative estimate of drug-likeness (QED) is 0.750. The maximum Gasteiger partial charge on any atom is 0.240 e. The van der Waals surface area contributed by atoms with Crippen molar-refractivity contribution in [3.8, 4) is 11.5 Å². The molecular weight excluding hydrogens is 395 g/mol. The average molecular weight is 417 g/mol. The van der Waals surface area contributed by atoms with Gasteiger partial charge in [0.15, 0.2) is 0 Å². The summed E-state index contributed by atoms with van der Waals surface area (Å²) in [6.45, 7) is 2.32. The number of halogens is 2. The van der Waals surface area contributed by atoms with E-state index in [4.69, 9.17) is 16.3 Å². The van der Waals surface area contributed by atoms with E-state index >= 15 is 0 Å². The molecule has 2 aromatic rings. The van der Waals surface area contributed by atoms with E-state index in [0.29, 0.717) is 29.0 Å². The van der Waals surface area contributed by atoms with E-state index in [9.17, 15) is 8.42 Å². The van der Waals surface area contributed by atoms with Gasteiger partial charge in [-0.3, -0.25) is 0 Å². The van der Waals surface area contributed by atoms with Crippen LogP contribution in [0.5, 0.6) is 11.5 Å². The highest BCUT2D eigenvalue weighted by molar-refractivity contribution is 7.89. The van der Waals surface area contributed by atoms with Gasteiger partial charge in [-0.15, -0.1) is 12.4 Å². The van der Waals surface area contributed by atoms with E-state index < -0.39 is 10.0 Å². The van der Waals surface area contributed by atoms with Gasteiger partial charge in [-0.1, -0.05) is 17.7 Å². The normalized spacial score (nSPS) is 17.3. The topological polar surface area (TPSA) is 67.4 Å². The molecule has 142 valence electrons. The second-order valence-corrected chi connectivity index (χ2v) is 8.30. The molecule has 0 radical (unpaired) electrons. The van der Waals surface area contributed by atoms with Crippen molar-refractivity contribution in [2.24, 2.45) is 5.92 Å². The number of rotatable bonds is 6. The first-order valence-electron chi connectivity index (χ1n) is 8.27. The number of ether oxygens (including phenoxy) is 1. The van der Waals surface area contributed by atoms with Gasteiger partial charge in [0.25, 0.3) is 0 Å². The predicted molar refractivity (Wildman–Crippen MR) is 106 cm³/mol. The van der Waals surface area contributed by atoms with Crippen molar-refractivity contribution in [2.45, 2.75) is 17.7 Å². The Labute approximate surface area is 165 Å². The van der Waals surface area contributed by atoms with Gasteiger partial charge in [0.05, 0.1) is 4.90 Å². The summed E-state index contributed by atoms with van der Waals surface area (Å²) in [6.07, 6.45) is 2.13. The van der Waals surface area contributed by atoms with Crippen molar-refractivity contribution in [3.63, 3.8) is 0 Å². The number of nitrogens with one attached hydrogen (secondary N) is 2. The van der Waals surface area contributed by atoms with Crippen LogP contribution in [0, 0.1) is 5.92 Å². The average Bonchev–Trinajstić information content (AvgIpc) is 2.62. The molecule has 8 heteroatoms. The molecule has 0 saturated carbocycles. The third-order valence-corrected chi connectivity index (χ3v) is 5.80. The fraction of sp³-hybridized carbons (Fsp3) is 0.333. The molecule has 5 nitrogen and oxygen atoms in total. The zero-order valence-electron chi connectivity index (χ0n) is 14.2. The van der Waals surface area contributed by atoms with Gasteiger partial charge in [-0.25, -0.2) is 13.1 Å². The summed E-state index contributed by atoms with van der Waals surface area (Å²) in [5.74, 6) is 1.50. The number of piperidine rings is 1. The van der Waals surface area contributed by atoms with Gasteiger partial charge >= 0.3 is 0 Å².